The quantitative estimate of drug-likeness (QED) is 0.281. The average molecular weight is 456 g/mol. The lowest BCUT2D eigenvalue weighted by Gasteiger charge is -2.37. The SMILES string of the molecule is CC(C)(c1ccccc1)c1ccc(OC(=O)CCN2C(=O)[C@H]3[C@@H]4C=C[C@H]([C@@H]5C[C@H]45)[C@@H]3C2=O)cc1. The molecule has 0 radical (unpaired) electrons. The molecule has 2 bridgehead atoms. The molecular formula is C29H29NO4. The van der Waals surface area contributed by atoms with Gasteiger partial charge in [0.05, 0.1) is 18.3 Å². The van der Waals surface area contributed by atoms with Crippen LogP contribution in [0.3, 0.4) is 0 Å². The molecule has 1 heterocycles. The van der Waals surface area contributed by atoms with Crippen molar-refractivity contribution in [1.82, 2.24) is 4.90 Å². The highest BCUT2D eigenvalue weighted by atomic mass is 16.5. The molecule has 5 nitrogen and oxygen atoms in total. The number of allylic oxidation sites excluding steroid dienone is 2. The summed E-state index contributed by atoms with van der Waals surface area (Å²) >= 11 is 0. The van der Waals surface area contributed by atoms with Gasteiger partial charge in [0.1, 0.15) is 5.75 Å². The molecule has 0 spiro atoms. The number of ether oxygens (including phenoxy) is 1. The standard InChI is InChI=1S/C29H29NO4/c1-29(2,17-6-4-3-5-7-17)18-8-10-19(11-9-18)34-24(31)14-15-30-27(32)25-20-12-13-21(23-16-22(20)23)26(25)28(30)33/h3-13,20-23,25-26H,14-16H2,1-2H3/t20-,21-,22-,23+,25+,26+/m1/s1. The topological polar surface area (TPSA) is 63.7 Å². The molecule has 34 heavy (non-hydrogen) atoms. The molecule has 1 saturated heterocycles. The van der Waals surface area contributed by atoms with E-state index in [9.17, 15) is 14.4 Å². The van der Waals surface area contributed by atoms with Crippen LogP contribution in [0.1, 0.15) is 37.8 Å². The lowest BCUT2D eigenvalue weighted by Crippen LogP contribution is -2.40. The van der Waals surface area contributed by atoms with Gasteiger partial charge in [-0.3, -0.25) is 19.3 Å². The van der Waals surface area contributed by atoms with Gasteiger partial charge in [-0.05, 0) is 53.4 Å². The predicted octanol–water partition coefficient (Wildman–Crippen LogP) is 4.36. The summed E-state index contributed by atoms with van der Waals surface area (Å²) in [7, 11) is 0. The number of benzene rings is 2. The fourth-order valence-corrected chi connectivity index (χ4v) is 6.59. The summed E-state index contributed by atoms with van der Waals surface area (Å²) in [5, 5.41) is 0. The summed E-state index contributed by atoms with van der Waals surface area (Å²) < 4.78 is 5.51. The van der Waals surface area contributed by atoms with Crippen LogP contribution >= 0.6 is 0 Å². The fourth-order valence-electron chi connectivity index (χ4n) is 6.59. The number of nitrogens with zero attached hydrogens (tertiary/aromatic N) is 1. The van der Waals surface area contributed by atoms with E-state index in [1.807, 2.05) is 30.3 Å². The predicted molar refractivity (Wildman–Crippen MR) is 127 cm³/mol. The number of rotatable bonds is 6. The highest BCUT2D eigenvalue weighted by molar-refractivity contribution is 6.06. The van der Waals surface area contributed by atoms with Crippen LogP contribution in [0.5, 0.6) is 5.75 Å². The average Bonchev–Trinajstić information content (AvgIpc) is 3.63. The van der Waals surface area contributed by atoms with Gasteiger partial charge >= 0.3 is 5.97 Å². The number of likely N-dealkylation sites (tertiary alicyclic amines) is 1. The van der Waals surface area contributed by atoms with Crippen molar-refractivity contribution in [3.8, 4) is 5.75 Å². The smallest absolute Gasteiger partial charge is 0.312 e. The van der Waals surface area contributed by atoms with Gasteiger partial charge in [0.25, 0.3) is 0 Å². The maximum atomic E-state index is 13.0. The van der Waals surface area contributed by atoms with Crippen molar-refractivity contribution in [1.29, 1.82) is 0 Å². The molecule has 5 heteroatoms. The molecular weight excluding hydrogens is 426 g/mol. The van der Waals surface area contributed by atoms with Crippen LogP contribution in [0.15, 0.2) is 66.7 Å². The largest absolute Gasteiger partial charge is 0.426 e. The Morgan fingerprint density at radius 3 is 2.03 bits per heavy atom. The van der Waals surface area contributed by atoms with Crippen molar-refractivity contribution < 1.29 is 19.1 Å². The minimum Gasteiger partial charge on any atom is -0.426 e. The van der Waals surface area contributed by atoms with Crippen LogP contribution in [0.4, 0.5) is 0 Å². The molecule has 1 aliphatic heterocycles. The van der Waals surface area contributed by atoms with Gasteiger partial charge in [0.2, 0.25) is 11.8 Å². The first-order valence-corrected chi connectivity index (χ1v) is 12.3. The van der Waals surface area contributed by atoms with E-state index in [0.717, 1.165) is 12.0 Å². The molecule has 2 aromatic rings. The molecule has 2 amide bonds. The van der Waals surface area contributed by atoms with Gasteiger partial charge in [-0.1, -0.05) is 68.5 Å². The third-order valence-electron chi connectivity index (χ3n) is 8.60. The van der Waals surface area contributed by atoms with Crippen LogP contribution in [-0.2, 0) is 19.8 Å². The summed E-state index contributed by atoms with van der Waals surface area (Å²) in [5.74, 6) is 0.951. The second-order valence-electron chi connectivity index (χ2n) is 10.7. The van der Waals surface area contributed by atoms with E-state index in [-0.39, 0.29) is 53.9 Å². The van der Waals surface area contributed by atoms with Crippen molar-refractivity contribution in [3.63, 3.8) is 0 Å². The third kappa shape index (κ3) is 3.24. The monoisotopic (exact) mass is 455 g/mol. The Kier molecular flexibility index (Phi) is 4.80. The van der Waals surface area contributed by atoms with Crippen molar-refractivity contribution in [2.24, 2.45) is 35.5 Å². The molecule has 174 valence electrons. The van der Waals surface area contributed by atoms with Crippen molar-refractivity contribution in [3.05, 3.63) is 77.9 Å². The Bertz CT molecular complexity index is 1150. The summed E-state index contributed by atoms with van der Waals surface area (Å²) in [4.78, 5) is 39.9. The maximum Gasteiger partial charge on any atom is 0.312 e. The number of amides is 2. The van der Waals surface area contributed by atoms with Crippen molar-refractivity contribution in [2.45, 2.75) is 32.1 Å². The zero-order chi connectivity index (χ0) is 23.6. The van der Waals surface area contributed by atoms with E-state index in [0.29, 0.717) is 17.6 Å². The van der Waals surface area contributed by atoms with Gasteiger partial charge < -0.3 is 4.74 Å². The highest BCUT2D eigenvalue weighted by Gasteiger charge is 2.66. The first kappa shape index (κ1) is 21.3. The van der Waals surface area contributed by atoms with Gasteiger partial charge in [-0.25, -0.2) is 0 Å². The van der Waals surface area contributed by atoms with Crippen molar-refractivity contribution in [2.75, 3.05) is 6.54 Å². The highest BCUT2D eigenvalue weighted by Crippen LogP contribution is 2.65. The first-order valence-electron chi connectivity index (χ1n) is 12.3. The summed E-state index contributed by atoms with van der Waals surface area (Å²) in [5.41, 5.74) is 2.16. The van der Waals surface area contributed by atoms with E-state index in [2.05, 4.69) is 38.1 Å². The molecule has 6 atom stereocenters. The second kappa shape index (κ2) is 7.66. The normalized spacial score (nSPS) is 30.8. The van der Waals surface area contributed by atoms with Crippen LogP contribution in [-0.4, -0.2) is 29.2 Å². The number of carbonyl (C=O) groups excluding carboxylic acids is 3. The van der Waals surface area contributed by atoms with Crippen LogP contribution in [0.25, 0.3) is 0 Å². The number of esters is 1. The van der Waals surface area contributed by atoms with Crippen LogP contribution in [0.2, 0.25) is 0 Å². The minimum atomic E-state index is -0.436. The molecule has 2 aromatic carbocycles. The Balaban J connectivity index is 1.07. The van der Waals surface area contributed by atoms with E-state index in [1.165, 1.54) is 10.5 Å². The van der Waals surface area contributed by atoms with E-state index < -0.39 is 5.97 Å². The summed E-state index contributed by atoms with van der Waals surface area (Å²) in [6.45, 7) is 4.42. The number of carbonyl (C=O) groups is 3. The molecule has 0 unspecified atom stereocenters. The maximum absolute atomic E-state index is 13.0. The Morgan fingerprint density at radius 2 is 1.44 bits per heavy atom. The van der Waals surface area contributed by atoms with E-state index >= 15 is 0 Å². The Hall–Kier alpha value is -3.21. The van der Waals surface area contributed by atoms with Gasteiger partial charge in [-0.15, -0.1) is 0 Å². The third-order valence-corrected chi connectivity index (χ3v) is 8.60. The first-order chi connectivity index (χ1) is 16.4. The summed E-state index contributed by atoms with van der Waals surface area (Å²) in [6.07, 6.45) is 5.46. The molecule has 5 aliphatic rings. The zero-order valence-corrected chi connectivity index (χ0v) is 19.5. The summed E-state index contributed by atoms with van der Waals surface area (Å²) in [6, 6.07) is 17.8. The molecule has 7 rings (SSSR count). The fraction of sp³-hybridized carbons (Fsp3) is 0.414. The zero-order valence-electron chi connectivity index (χ0n) is 19.5. The van der Waals surface area contributed by atoms with Gasteiger partial charge in [-0.2, -0.15) is 0 Å². The molecule has 0 N–H and O–H groups in total. The molecule has 4 aliphatic carbocycles. The van der Waals surface area contributed by atoms with Crippen LogP contribution < -0.4 is 4.74 Å². The Morgan fingerprint density at radius 1 is 0.882 bits per heavy atom. The van der Waals surface area contributed by atoms with Crippen LogP contribution in [0, 0.1) is 35.5 Å². The minimum absolute atomic E-state index is 0.00377. The number of hydrogen-bond acceptors (Lipinski definition) is 4. The number of imide groups is 1. The molecule has 0 aromatic heterocycles. The van der Waals surface area contributed by atoms with Crippen molar-refractivity contribution >= 4 is 17.8 Å². The lowest BCUT2D eigenvalue weighted by atomic mass is 9.63. The lowest BCUT2D eigenvalue weighted by molar-refractivity contribution is -0.141. The molecule has 2 saturated carbocycles. The van der Waals surface area contributed by atoms with Gasteiger partial charge in [0, 0.05) is 12.0 Å². The van der Waals surface area contributed by atoms with E-state index in [1.54, 1.807) is 12.1 Å². The number of hydrogen-bond donors (Lipinski definition) is 0. The Labute approximate surface area is 199 Å². The molecule has 3 fully saturated rings. The van der Waals surface area contributed by atoms with E-state index in [4.69, 9.17) is 4.74 Å². The second-order valence-corrected chi connectivity index (χ2v) is 10.7. The van der Waals surface area contributed by atoms with Gasteiger partial charge in [0.15, 0.2) is 0 Å².